The van der Waals surface area contributed by atoms with Crippen LogP contribution in [0.4, 0.5) is 13.2 Å². The van der Waals surface area contributed by atoms with E-state index in [0.29, 0.717) is 45.2 Å². The molecule has 1 heterocycles. The van der Waals surface area contributed by atoms with E-state index in [1.807, 2.05) is 31.2 Å². The molecule has 1 aromatic rings. The molecule has 0 aliphatic carbocycles. The summed E-state index contributed by atoms with van der Waals surface area (Å²) in [4.78, 5) is 8.33. The van der Waals surface area contributed by atoms with Gasteiger partial charge in [0.15, 0.2) is 5.96 Å². The lowest BCUT2D eigenvalue weighted by atomic mass is 10.2. The number of ether oxygens (including phenoxy) is 1. The molecule has 1 atom stereocenters. The van der Waals surface area contributed by atoms with Crippen LogP contribution >= 0.6 is 0 Å². The molecule has 1 aromatic carbocycles. The minimum absolute atomic E-state index is 0.0401. The average molecular weight is 444 g/mol. The predicted molar refractivity (Wildman–Crippen MR) is 119 cm³/mol. The van der Waals surface area contributed by atoms with Crippen LogP contribution in [0.15, 0.2) is 29.3 Å². The van der Waals surface area contributed by atoms with Gasteiger partial charge in [0.25, 0.3) is 0 Å². The zero-order valence-corrected chi connectivity index (χ0v) is 18.8. The molecule has 0 bridgehead atoms. The van der Waals surface area contributed by atoms with Crippen molar-refractivity contribution in [1.29, 1.82) is 0 Å². The second kappa shape index (κ2) is 12.8. The van der Waals surface area contributed by atoms with Gasteiger partial charge in [0.05, 0.1) is 13.1 Å². The van der Waals surface area contributed by atoms with Crippen molar-refractivity contribution in [3.63, 3.8) is 0 Å². The van der Waals surface area contributed by atoms with Crippen LogP contribution in [0.1, 0.15) is 32.8 Å². The SMILES string of the molecule is CCNC(=NCc1ccc(OCCN(CC)CC)cc1)NC1CCN(CC(F)(F)F)C1. The molecule has 1 aliphatic rings. The van der Waals surface area contributed by atoms with Gasteiger partial charge in [0.2, 0.25) is 0 Å². The zero-order valence-electron chi connectivity index (χ0n) is 18.8. The number of guanidine groups is 1. The molecule has 176 valence electrons. The smallest absolute Gasteiger partial charge is 0.401 e. The first-order valence-electron chi connectivity index (χ1n) is 11.1. The molecule has 0 aromatic heterocycles. The summed E-state index contributed by atoms with van der Waals surface area (Å²) in [5.74, 6) is 1.46. The van der Waals surface area contributed by atoms with Crippen LogP contribution in [0.3, 0.4) is 0 Å². The Morgan fingerprint density at radius 3 is 2.52 bits per heavy atom. The molecule has 9 heteroatoms. The third-order valence-electron chi connectivity index (χ3n) is 5.27. The van der Waals surface area contributed by atoms with Crippen molar-refractivity contribution in [2.24, 2.45) is 4.99 Å². The molecule has 0 saturated carbocycles. The first kappa shape index (κ1) is 25.3. The van der Waals surface area contributed by atoms with Gasteiger partial charge in [-0.15, -0.1) is 0 Å². The van der Waals surface area contributed by atoms with Crippen molar-refractivity contribution in [3.8, 4) is 5.75 Å². The maximum atomic E-state index is 12.6. The number of benzene rings is 1. The summed E-state index contributed by atoms with van der Waals surface area (Å²) in [6.45, 7) is 10.9. The summed E-state index contributed by atoms with van der Waals surface area (Å²) < 4.78 is 43.6. The number of rotatable bonds is 11. The van der Waals surface area contributed by atoms with Gasteiger partial charge in [-0.2, -0.15) is 13.2 Å². The van der Waals surface area contributed by atoms with Crippen molar-refractivity contribution in [2.45, 2.75) is 46.0 Å². The number of hydrogen-bond acceptors (Lipinski definition) is 4. The van der Waals surface area contributed by atoms with E-state index in [1.165, 1.54) is 4.90 Å². The third-order valence-corrected chi connectivity index (χ3v) is 5.27. The summed E-state index contributed by atoms with van der Waals surface area (Å²) in [6.07, 6.45) is -3.49. The second-order valence-corrected chi connectivity index (χ2v) is 7.69. The van der Waals surface area contributed by atoms with Gasteiger partial charge >= 0.3 is 6.18 Å². The van der Waals surface area contributed by atoms with Gasteiger partial charge in [-0.3, -0.25) is 4.90 Å². The topological polar surface area (TPSA) is 52.1 Å². The molecule has 0 radical (unpaired) electrons. The molecule has 1 saturated heterocycles. The maximum Gasteiger partial charge on any atom is 0.401 e. The Morgan fingerprint density at radius 2 is 1.90 bits per heavy atom. The Kier molecular flexibility index (Phi) is 10.4. The standard InChI is InChI=1S/C22H36F3N5O/c1-4-26-21(28-19-11-12-30(16-19)17-22(23,24)25)27-15-18-7-9-20(10-8-18)31-14-13-29(5-2)6-3/h7-10,19H,4-6,11-17H2,1-3H3,(H2,26,27,28). The number of nitrogens with zero attached hydrogens (tertiary/aromatic N) is 3. The molecule has 2 N–H and O–H groups in total. The zero-order chi connectivity index (χ0) is 22.7. The van der Waals surface area contributed by atoms with E-state index in [2.05, 4.69) is 34.4 Å². The Morgan fingerprint density at radius 1 is 1.19 bits per heavy atom. The highest BCUT2D eigenvalue weighted by atomic mass is 19.4. The minimum atomic E-state index is -4.16. The lowest BCUT2D eigenvalue weighted by Crippen LogP contribution is -2.45. The summed E-state index contributed by atoms with van der Waals surface area (Å²) >= 11 is 0. The Labute approximate surface area is 183 Å². The van der Waals surface area contributed by atoms with E-state index in [9.17, 15) is 13.2 Å². The molecular formula is C22H36F3N5O. The number of nitrogens with one attached hydrogen (secondary N) is 2. The second-order valence-electron chi connectivity index (χ2n) is 7.69. The molecule has 31 heavy (non-hydrogen) atoms. The molecular weight excluding hydrogens is 407 g/mol. The fraction of sp³-hybridized carbons (Fsp3) is 0.682. The molecule has 0 amide bonds. The number of alkyl halides is 3. The van der Waals surface area contributed by atoms with E-state index in [4.69, 9.17) is 4.74 Å². The van der Waals surface area contributed by atoms with Crippen molar-refractivity contribution >= 4 is 5.96 Å². The lowest BCUT2D eigenvalue weighted by molar-refractivity contribution is -0.143. The highest BCUT2D eigenvalue weighted by Gasteiger charge is 2.34. The van der Waals surface area contributed by atoms with Crippen LogP contribution in [-0.4, -0.2) is 80.4 Å². The van der Waals surface area contributed by atoms with Crippen molar-refractivity contribution in [2.75, 3.05) is 52.4 Å². The summed E-state index contributed by atoms with van der Waals surface area (Å²) in [5.41, 5.74) is 1.04. The van der Waals surface area contributed by atoms with Crippen LogP contribution in [0, 0.1) is 0 Å². The predicted octanol–water partition coefficient (Wildman–Crippen LogP) is 3.10. The number of likely N-dealkylation sites (N-methyl/N-ethyl adjacent to an activating group) is 1. The largest absolute Gasteiger partial charge is 0.492 e. The Bertz CT molecular complexity index is 662. The molecule has 1 aliphatic heterocycles. The van der Waals surface area contributed by atoms with Crippen LogP contribution in [-0.2, 0) is 6.54 Å². The van der Waals surface area contributed by atoms with E-state index in [-0.39, 0.29) is 6.04 Å². The summed E-state index contributed by atoms with van der Waals surface area (Å²) in [5, 5.41) is 6.44. The lowest BCUT2D eigenvalue weighted by Gasteiger charge is -2.19. The van der Waals surface area contributed by atoms with E-state index >= 15 is 0 Å². The first-order valence-corrected chi connectivity index (χ1v) is 11.1. The van der Waals surface area contributed by atoms with Crippen molar-refractivity contribution in [1.82, 2.24) is 20.4 Å². The quantitative estimate of drug-likeness (QED) is 0.407. The van der Waals surface area contributed by atoms with Crippen LogP contribution < -0.4 is 15.4 Å². The van der Waals surface area contributed by atoms with Gasteiger partial charge in [0, 0.05) is 32.2 Å². The van der Waals surface area contributed by atoms with Gasteiger partial charge in [-0.25, -0.2) is 4.99 Å². The van der Waals surface area contributed by atoms with Gasteiger partial charge in [-0.05, 0) is 44.1 Å². The van der Waals surface area contributed by atoms with Crippen molar-refractivity contribution in [3.05, 3.63) is 29.8 Å². The third kappa shape index (κ3) is 9.78. The van der Waals surface area contributed by atoms with Gasteiger partial charge < -0.3 is 20.3 Å². The van der Waals surface area contributed by atoms with Crippen LogP contribution in [0.5, 0.6) is 5.75 Å². The molecule has 0 spiro atoms. The van der Waals surface area contributed by atoms with E-state index in [0.717, 1.165) is 30.9 Å². The highest BCUT2D eigenvalue weighted by Crippen LogP contribution is 2.20. The number of likely N-dealkylation sites (tertiary alicyclic amines) is 1. The van der Waals surface area contributed by atoms with E-state index in [1.54, 1.807) is 0 Å². The number of hydrogen-bond donors (Lipinski definition) is 2. The van der Waals surface area contributed by atoms with Crippen LogP contribution in [0.2, 0.25) is 0 Å². The Hall–Kier alpha value is -2.00. The maximum absolute atomic E-state index is 12.6. The van der Waals surface area contributed by atoms with Crippen LogP contribution in [0.25, 0.3) is 0 Å². The molecule has 6 nitrogen and oxygen atoms in total. The molecule has 2 rings (SSSR count). The number of aliphatic imine (C=N–C) groups is 1. The fourth-order valence-electron chi connectivity index (χ4n) is 3.55. The summed E-state index contributed by atoms with van der Waals surface area (Å²) in [7, 11) is 0. The molecule has 1 unspecified atom stereocenters. The number of halogens is 3. The normalized spacial score (nSPS) is 17.9. The van der Waals surface area contributed by atoms with Crippen molar-refractivity contribution < 1.29 is 17.9 Å². The van der Waals surface area contributed by atoms with Gasteiger partial charge in [0.1, 0.15) is 12.4 Å². The first-order chi connectivity index (χ1) is 14.8. The monoisotopic (exact) mass is 443 g/mol. The fourth-order valence-corrected chi connectivity index (χ4v) is 3.55. The highest BCUT2D eigenvalue weighted by molar-refractivity contribution is 5.80. The summed E-state index contributed by atoms with van der Waals surface area (Å²) in [6, 6.07) is 7.82. The van der Waals surface area contributed by atoms with E-state index < -0.39 is 12.7 Å². The molecule has 1 fully saturated rings. The Balaban J connectivity index is 1.82. The minimum Gasteiger partial charge on any atom is -0.492 e. The van der Waals surface area contributed by atoms with Gasteiger partial charge in [-0.1, -0.05) is 26.0 Å². The average Bonchev–Trinajstić information content (AvgIpc) is 3.15.